The van der Waals surface area contributed by atoms with E-state index < -0.39 is 21.8 Å². The molecule has 1 saturated heterocycles. The summed E-state index contributed by atoms with van der Waals surface area (Å²) < 4.78 is 65.5. The van der Waals surface area contributed by atoms with Gasteiger partial charge >= 0.3 is 6.18 Å². The summed E-state index contributed by atoms with van der Waals surface area (Å²) in [6.45, 7) is 1.95. The number of aromatic nitrogens is 2. The van der Waals surface area contributed by atoms with Crippen LogP contribution in [0.4, 0.5) is 24.7 Å². The van der Waals surface area contributed by atoms with Gasteiger partial charge in [0.2, 0.25) is 0 Å². The van der Waals surface area contributed by atoms with E-state index in [4.69, 9.17) is 0 Å². The third-order valence-corrected chi connectivity index (χ3v) is 6.90. The Hall–Kier alpha value is -3.14. The van der Waals surface area contributed by atoms with Crippen molar-refractivity contribution < 1.29 is 21.6 Å². The van der Waals surface area contributed by atoms with Crippen molar-refractivity contribution in [3.8, 4) is 11.3 Å². The first-order valence-corrected chi connectivity index (χ1v) is 12.1. The Morgan fingerprint density at radius 3 is 1.97 bits per heavy atom. The number of hydrogen-bond acceptors (Lipinski definition) is 5. The van der Waals surface area contributed by atoms with E-state index >= 15 is 0 Å². The molecule has 10 heteroatoms. The van der Waals surface area contributed by atoms with Crippen LogP contribution < -0.4 is 9.62 Å². The van der Waals surface area contributed by atoms with Crippen LogP contribution in [0, 0.1) is 0 Å². The van der Waals surface area contributed by atoms with E-state index in [1.54, 1.807) is 24.3 Å². The first kappa shape index (κ1) is 23.0. The van der Waals surface area contributed by atoms with Crippen LogP contribution in [-0.2, 0) is 16.2 Å². The minimum absolute atomic E-state index is 0.255. The predicted molar refractivity (Wildman–Crippen MR) is 120 cm³/mol. The van der Waals surface area contributed by atoms with Gasteiger partial charge in [0, 0.05) is 24.3 Å². The Labute approximate surface area is 190 Å². The van der Waals surface area contributed by atoms with Crippen LogP contribution >= 0.6 is 0 Å². The van der Waals surface area contributed by atoms with Gasteiger partial charge in [-0.1, -0.05) is 25.0 Å². The van der Waals surface area contributed by atoms with Crippen LogP contribution in [0.3, 0.4) is 0 Å². The molecule has 0 atom stereocenters. The number of anilines is 2. The maximum Gasteiger partial charge on any atom is 0.416 e. The zero-order valence-electron chi connectivity index (χ0n) is 17.7. The molecule has 1 fully saturated rings. The molecule has 0 aliphatic carbocycles. The molecule has 1 aromatic heterocycles. The zero-order chi connectivity index (χ0) is 23.5. The van der Waals surface area contributed by atoms with Crippen molar-refractivity contribution in [3.63, 3.8) is 0 Å². The number of sulfonamides is 1. The summed E-state index contributed by atoms with van der Waals surface area (Å²) in [6, 6.07) is 13.7. The number of hydrogen-bond donors (Lipinski definition) is 1. The van der Waals surface area contributed by atoms with Crippen LogP contribution in [0.25, 0.3) is 11.3 Å². The van der Waals surface area contributed by atoms with Gasteiger partial charge < -0.3 is 4.90 Å². The van der Waals surface area contributed by atoms with E-state index in [-0.39, 0.29) is 10.6 Å². The molecule has 6 nitrogen and oxygen atoms in total. The second kappa shape index (κ2) is 9.38. The third kappa shape index (κ3) is 5.62. The van der Waals surface area contributed by atoms with E-state index in [0.717, 1.165) is 61.6 Å². The van der Waals surface area contributed by atoms with Gasteiger partial charge in [-0.15, -0.1) is 10.2 Å². The number of alkyl halides is 3. The summed E-state index contributed by atoms with van der Waals surface area (Å²) in [7, 11) is -4.02. The maximum absolute atomic E-state index is 12.7. The second-order valence-corrected chi connectivity index (χ2v) is 9.57. The molecule has 0 spiro atoms. The topological polar surface area (TPSA) is 75.2 Å². The van der Waals surface area contributed by atoms with Crippen LogP contribution in [0.2, 0.25) is 0 Å². The van der Waals surface area contributed by atoms with Crippen LogP contribution in [0.5, 0.6) is 0 Å². The molecule has 0 amide bonds. The Morgan fingerprint density at radius 2 is 1.42 bits per heavy atom. The molecule has 174 valence electrons. The molecule has 4 rings (SSSR count). The van der Waals surface area contributed by atoms with Gasteiger partial charge in [-0.2, -0.15) is 13.2 Å². The summed E-state index contributed by atoms with van der Waals surface area (Å²) >= 11 is 0. The van der Waals surface area contributed by atoms with Gasteiger partial charge in [0.1, 0.15) is 0 Å². The lowest BCUT2D eigenvalue weighted by Crippen LogP contribution is -2.25. The highest BCUT2D eigenvalue weighted by Crippen LogP contribution is 2.30. The predicted octanol–water partition coefficient (Wildman–Crippen LogP) is 5.34. The fraction of sp³-hybridized carbons (Fsp3) is 0.304. The highest BCUT2D eigenvalue weighted by Gasteiger charge is 2.30. The normalized spacial score (nSPS) is 15.2. The average Bonchev–Trinajstić information content (AvgIpc) is 3.09. The molecular weight excluding hydrogens is 453 g/mol. The van der Waals surface area contributed by atoms with Gasteiger partial charge in [-0.25, -0.2) is 8.42 Å². The Morgan fingerprint density at radius 1 is 0.788 bits per heavy atom. The van der Waals surface area contributed by atoms with Crippen molar-refractivity contribution in [2.45, 2.75) is 36.8 Å². The number of nitrogens with one attached hydrogen (secondary N) is 1. The number of nitrogens with zero attached hydrogens (tertiary/aromatic N) is 3. The first-order chi connectivity index (χ1) is 15.7. The van der Waals surface area contributed by atoms with Gasteiger partial charge in [0.05, 0.1) is 16.2 Å². The van der Waals surface area contributed by atoms with Gasteiger partial charge in [-0.3, -0.25) is 4.72 Å². The minimum atomic E-state index is -4.53. The zero-order valence-corrected chi connectivity index (χ0v) is 18.5. The lowest BCUT2D eigenvalue weighted by atomic mass is 10.1. The quantitative estimate of drug-likeness (QED) is 0.538. The molecule has 1 aliphatic rings. The summed E-state index contributed by atoms with van der Waals surface area (Å²) in [5.74, 6) is 0.849. The fourth-order valence-corrected chi connectivity index (χ4v) is 4.75. The summed E-state index contributed by atoms with van der Waals surface area (Å²) in [6.07, 6.45) is 0.230. The van der Waals surface area contributed by atoms with E-state index in [9.17, 15) is 21.6 Å². The maximum atomic E-state index is 12.7. The Balaban J connectivity index is 1.44. The molecule has 2 heterocycles. The van der Waals surface area contributed by atoms with Crippen molar-refractivity contribution >= 4 is 21.5 Å². The van der Waals surface area contributed by atoms with Crippen LogP contribution in [0.1, 0.15) is 31.2 Å². The van der Waals surface area contributed by atoms with E-state index in [0.29, 0.717) is 5.69 Å². The van der Waals surface area contributed by atoms with Gasteiger partial charge in [0.25, 0.3) is 10.0 Å². The highest BCUT2D eigenvalue weighted by molar-refractivity contribution is 7.92. The number of benzene rings is 2. The Bertz CT molecular complexity index is 1170. The van der Waals surface area contributed by atoms with Crippen molar-refractivity contribution in [2.24, 2.45) is 0 Å². The van der Waals surface area contributed by atoms with Crippen molar-refractivity contribution in [3.05, 3.63) is 66.2 Å². The van der Waals surface area contributed by atoms with Crippen LogP contribution in [-0.4, -0.2) is 31.7 Å². The molecule has 3 aromatic rings. The number of rotatable bonds is 5. The first-order valence-electron chi connectivity index (χ1n) is 10.6. The van der Waals surface area contributed by atoms with E-state index in [1.807, 2.05) is 12.1 Å². The minimum Gasteiger partial charge on any atom is -0.355 e. The fourth-order valence-electron chi connectivity index (χ4n) is 3.69. The summed E-state index contributed by atoms with van der Waals surface area (Å²) in [4.78, 5) is 1.98. The molecule has 1 N–H and O–H groups in total. The van der Waals surface area contributed by atoms with Gasteiger partial charge in [-0.05, 0) is 61.4 Å². The largest absolute Gasteiger partial charge is 0.416 e. The smallest absolute Gasteiger partial charge is 0.355 e. The van der Waals surface area contributed by atoms with Crippen molar-refractivity contribution in [1.82, 2.24) is 10.2 Å². The number of halogens is 3. The molecule has 0 bridgehead atoms. The lowest BCUT2D eigenvalue weighted by Gasteiger charge is -2.20. The molecule has 0 saturated carbocycles. The molecule has 33 heavy (non-hydrogen) atoms. The van der Waals surface area contributed by atoms with E-state index in [2.05, 4.69) is 19.8 Å². The highest BCUT2D eigenvalue weighted by atomic mass is 32.2. The van der Waals surface area contributed by atoms with Crippen molar-refractivity contribution in [2.75, 3.05) is 22.7 Å². The lowest BCUT2D eigenvalue weighted by molar-refractivity contribution is -0.137. The molecular formula is C23H23F3N4O2S. The molecule has 0 unspecified atom stereocenters. The van der Waals surface area contributed by atoms with E-state index in [1.165, 1.54) is 12.8 Å². The Kier molecular flexibility index (Phi) is 6.55. The average molecular weight is 477 g/mol. The van der Waals surface area contributed by atoms with Gasteiger partial charge in [0.15, 0.2) is 5.82 Å². The van der Waals surface area contributed by atoms with Crippen molar-refractivity contribution in [1.29, 1.82) is 0 Å². The molecule has 0 radical (unpaired) electrons. The second-order valence-electron chi connectivity index (χ2n) is 7.88. The SMILES string of the molecule is O=S(=O)(Nc1ccc(-c2ccc(N3CCCCCC3)nn2)cc1)c1ccc(C(F)(F)F)cc1. The molecule has 1 aliphatic heterocycles. The summed E-state index contributed by atoms with van der Waals surface area (Å²) in [5, 5.41) is 8.66. The summed E-state index contributed by atoms with van der Waals surface area (Å²) in [5.41, 5.74) is 0.801. The molecule has 2 aromatic carbocycles. The standard InChI is InChI=1S/C23H23F3N4O2S/c24-23(25,26)18-7-11-20(12-8-18)33(31,32)29-19-9-5-17(6-10-19)21-13-14-22(28-27-21)30-15-3-1-2-4-16-30/h5-14,29H,1-4,15-16H2. The van der Waals surface area contributed by atoms with Crippen LogP contribution in [0.15, 0.2) is 65.6 Å². The third-order valence-electron chi connectivity index (χ3n) is 5.51. The monoisotopic (exact) mass is 476 g/mol.